The number of aryl methyl sites for hydroxylation is 2. The minimum atomic E-state index is -0.119. The number of carbonyl (C=O) groups excluding carboxylic acids is 2. The van der Waals surface area contributed by atoms with Crippen LogP contribution >= 0.6 is 11.6 Å². The molecular weight excluding hydrogens is 336 g/mol. The molecule has 0 radical (unpaired) electrons. The molecule has 0 spiro atoms. The molecular formula is C20H23ClN2O2. The molecule has 0 aromatic heterocycles. The van der Waals surface area contributed by atoms with Gasteiger partial charge >= 0.3 is 0 Å². The van der Waals surface area contributed by atoms with Gasteiger partial charge in [0, 0.05) is 37.1 Å². The molecule has 0 aliphatic heterocycles. The summed E-state index contributed by atoms with van der Waals surface area (Å²) in [4.78, 5) is 25.6. The van der Waals surface area contributed by atoms with Gasteiger partial charge in [0.2, 0.25) is 11.8 Å². The van der Waals surface area contributed by atoms with Crippen molar-refractivity contribution < 1.29 is 9.59 Å². The molecule has 2 amide bonds. The Morgan fingerprint density at radius 3 is 2.52 bits per heavy atom. The maximum Gasteiger partial charge on any atom is 0.223 e. The highest BCUT2D eigenvalue weighted by Gasteiger charge is 2.14. The molecule has 0 bridgehead atoms. The molecule has 132 valence electrons. The van der Waals surface area contributed by atoms with Crippen LogP contribution in [0.25, 0.3) is 0 Å². The number of hydrogen-bond acceptors (Lipinski definition) is 2. The molecule has 4 nitrogen and oxygen atoms in total. The van der Waals surface area contributed by atoms with Crippen LogP contribution in [0, 0.1) is 13.8 Å². The number of carbonyl (C=O) groups is 2. The third kappa shape index (κ3) is 5.61. The SMILES string of the molecule is CC(=O)N(CCC(=O)NCc1cccc(C)c1)c1ccc(C)c(Cl)c1. The first-order valence-electron chi connectivity index (χ1n) is 8.23. The monoisotopic (exact) mass is 358 g/mol. The van der Waals surface area contributed by atoms with Crippen LogP contribution in [0.1, 0.15) is 30.0 Å². The zero-order valence-electron chi connectivity index (χ0n) is 14.8. The van der Waals surface area contributed by atoms with E-state index in [-0.39, 0.29) is 18.2 Å². The third-order valence-electron chi connectivity index (χ3n) is 3.98. The molecule has 5 heteroatoms. The van der Waals surface area contributed by atoms with Crippen molar-refractivity contribution in [1.82, 2.24) is 5.32 Å². The number of halogens is 1. The number of amides is 2. The minimum Gasteiger partial charge on any atom is -0.352 e. The van der Waals surface area contributed by atoms with E-state index in [4.69, 9.17) is 11.6 Å². The van der Waals surface area contributed by atoms with E-state index in [2.05, 4.69) is 5.32 Å². The second-order valence-electron chi connectivity index (χ2n) is 6.12. The quantitative estimate of drug-likeness (QED) is 0.848. The standard InChI is InChI=1S/C20H23ClN2O2/c1-14-5-4-6-17(11-14)13-22-20(25)9-10-23(16(3)24)18-8-7-15(2)19(21)12-18/h4-8,11-12H,9-10,13H2,1-3H3,(H,22,25). The van der Waals surface area contributed by atoms with Crippen LogP contribution < -0.4 is 10.2 Å². The summed E-state index contributed by atoms with van der Waals surface area (Å²) in [5, 5.41) is 3.49. The van der Waals surface area contributed by atoms with Crippen molar-refractivity contribution in [3.05, 3.63) is 64.2 Å². The fraction of sp³-hybridized carbons (Fsp3) is 0.300. The average Bonchev–Trinajstić information content (AvgIpc) is 2.56. The Hall–Kier alpha value is -2.33. The molecule has 0 atom stereocenters. The predicted octanol–water partition coefficient (Wildman–Crippen LogP) is 4.02. The topological polar surface area (TPSA) is 49.4 Å². The molecule has 25 heavy (non-hydrogen) atoms. The van der Waals surface area contributed by atoms with Gasteiger partial charge in [-0.15, -0.1) is 0 Å². The van der Waals surface area contributed by atoms with Gasteiger partial charge < -0.3 is 10.2 Å². The van der Waals surface area contributed by atoms with Crippen LogP contribution in [0.15, 0.2) is 42.5 Å². The molecule has 0 aliphatic carbocycles. The van der Waals surface area contributed by atoms with Crippen molar-refractivity contribution in [2.45, 2.75) is 33.7 Å². The lowest BCUT2D eigenvalue weighted by molar-refractivity contribution is -0.121. The highest BCUT2D eigenvalue weighted by Crippen LogP contribution is 2.23. The number of benzene rings is 2. The summed E-state index contributed by atoms with van der Waals surface area (Å²) in [6.07, 6.45) is 0.233. The van der Waals surface area contributed by atoms with Crippen LogP contribution in [0.2, 0.25) is 5.02 Å². The third-order valence-corrected chi connectivity index (χ3v) is 4.39. The van der Waals surface area contributed by atoms with Gasteiger partial charge in [0.15, 0.2) is 0 Å². The molecule has 2 aromatic carbocycles. The highest BCUT2D eigenvalue weighted by atomic mass is 35.5. The van der Waals surface area contributed by atoms with E-state index in [0.29, 0.717) is 23.8 Å². The molecule has 2 aromatic rings. The van der Waals surface area contributed by atoms with Crippen LogP contribution in [0.4, 0.5) is 5.69 Å². The largest absolute Gasteiger partial charge is 0.352 e. The van der Waals surface area contributed by atoms with Gasteiger partial charge in [-0.25, -0.2) is 0 Å². The average molecular weight is 359 g/mol. The zero-order valence-corrected chi connectivity index (χ0v) is 15.6. The maximum atomic E-state index is 12.1. The smallest absolute Gasteiger partial charge is 0.223 e. The normalized spacial score (nSPS) is 10.4. The van der Waals surface area contributed by atoms with Gasteiger partial charge in [-0.05, 0) is 37.1 Å². The fourth-order valence-electron chi connectivity index (χ4n) is 2.54. The van der Waals surface area contributed by atoms with Gasteiger partial charge in [0.25, 0.3) is 0 Å². The predicted molar refractivity (Wildman–Crippen MR) is 102 cm³/mol. The lowest BCUT2D eigenvalue weighted by Crippen LogP contribution is -2.33. The number of anilines is 1. The minimum absolute atomic E-state index is 0.0917. The molecule has 0 fully saturated rings. The lowest BCUT2D eigenvalue weighted by Gasteiger charge is -2.21. The van der Waals surface area contributed by atoms with Gasteiger partial charge in [0.05, 0.1) is 0 Å². The first kappa shape index (κ1) is 19.0. The summed E-state index contributed by atoms with van der Waals surface area (Å²) in [5.74, 6) is -0.211. The van der Waals surface area contributed by atoms with Crippen molar-refractivity contribution in [1.29, 1.82) is 0 Å². The van der Waals surface area contributed by atoms with Crippen molar-refractivity contribution in [3.63, 3.8) is 0 Å². The second kappa shape index (κ2) is 8.67. The molecule has 0 saturated heterocycles. The van der Waals surface area contributed by atoms with Gasteiger partial charge in [-0.3, -0.25) is 9.59 Å². The van der Waals surface area contributed by atoms with E-state index in [9.17, 15) is 9.59 Å². The number of nitrogens with zero attached hydrogens (tertiary/aromatic N) is 1. The Kier molecular flexibility index (Phi) is 6.59. The number of rotatable bonds is 6. The van der Waals surface area contributed by atoms with E-state index >= 15 is 0 Å². The van der Waals surface area contributed by atoms with Crippen molar-refractivity contribution in [3.8, 4) is 0 Å². The van der Waals surface area contributed by atoms with Crippen LogP contribution in [-0.4, -0.2) is 18.4 Å². The Morgan fingerprint density at radius 2 is 1.88 bits per heavy atom. The Labute approximate surface area is 153 Å². The first-order valence-corrected chi connectivity index (χ1v) is 8.61. The molecule has 0 aliphatic rings. The van der Waals surface area contributed by atoms with Crippen molar-refractivity contribution in [2.24, 2.45) is 0 Å². The second-order valence-corrected chi connectivity index (χ2v) is 6.53. The lowest BCUT2D eigenvalue weighted by atomic mass is 10.1. The van der Waals surface area contributed by atoms with E-state index in [1.54, 1.807) is 11.0 Å². The summed E-state index contributed by atoms with van der Waals surface area (Å²) in [6.45, 7) is 6.20. The van der Waals surface area contributed by atoms with Gasteiger partial charge in [-0.1, -0.05) is 47.5 Å². The number of nitrogens with one attached hydrogen (secondary N) is 1. The summed E-state index contributed by atoms with van der Waals surface area (Å²) < 4.78 is 0. The van der Waals surface area contributed by atoms with Gasteiger partial charge in [0.1, 0.15) is 0 Å². The fourth-order valence-corrected chi connectivity index (χ4v) is 2.72. The summed E-state index contributed by atoms with van der Waals surface area (Å²) >= 11 is 6.14. The van der Waals surface area contributed by atoms with E-state index < -0.39 is 0 Å². The van der Waals surface area contributed by atoms with E-state index in [1.807, 2.05) is 50.2 Å². The molecule has 2 rings (SSSR count). The van der Waals surface area contributed by atoms with E-state index in [0.717, 1.165) is 16.7 Å². The van der Waals surface area contributed by atoms with Crippen molar-refractivity contribution in [2.75, 3.05) is 11.4 Å². The zero-order chi connectivity index (χ0) is 18.4. The van der Waals surface area contributed by atoms with Gasteiger partial charge in [-0.2, -0.15) is 0 Å². The van der Waals surface area contributed by atoms with Crippen LogP contribution in [0.5, 0.6) is 0 Å². The first-order chi connectivity index (χ1) is 11.9. The summed E-state index contributed by atoms with van der Waals surface area (Å²) in [5.41, 5.74) is 3.87. The van der Waals surface area contributed by atoms with Crippen LogP contribution in [-0.2, 0) is 16.1 Å². The molecule has 0 unspecified atom stereocenters. The Morgan fingerprint density at radius 1 is 1.12 bits per heavy atom. The molecule has 1 N–H and O–H groups in total. The Balaban J connectivity index is 1.93. The maximum absolute atomic E-state index is 12.1. The summed E-state index contributed by atoms with van der Waals surface area (Å²) in [7, 11) is 0. The molecule has 0 saturated carbocycles. The van der Waals surface area contributed by atoms with Crippen LogP contribution in [0.3, 0.4) is 0 Å². The summed E-state index contributed by atoms with van der Waals surface area (Å²) in [6, 6.07) is 13.5. The van der Waals surface area contributed by atoms with Crippen molar-refractivity contribution >= 4 is 29.1 Å². The Bertz CT molecular complexity index is 774. The number of hydrogen-bond donors (Lipinski definition) is 1. The highest BCUT2D eigenvalue weighted by molar-refractivity contribution is 6.31. The van der Waals surface area contributed by atoms with E-state index in [1.165, 1.54) is 6.92 Å². The molecule has 0 heterocycles.